The van der Waals surface area contributed by atoms with Gasteiger partial charge in [-0.3, -0.25) is 4.79 Å². The van der Waals surface area contributed by atoms with Gasteiger partial charge in [-0.15, -0.1) is 0 Å². The van der Waals surface area contributed by atoms with E-state index in [2.05, 4.69) is 10.6 Å². The van der Waals surface area contributed by atoms with Crippen LogP contribution in [0.4, 0.5) is 15.8 Å². The van der Waals surface area contributed by atoms with E-state index in [9.17, 15) is 9.18 Å². The number of alkyl halides is 1. The Morgan fingerprint density at radius 3 is 2.47 bits per heavy atom. The highest BCUT2D eigenvalue weighted by Gasteiger charge is 2.43. The van der Waals surface area contributed by atoms with Crippen molar-refractivity contribution in [2.45, 2.75) is 26.4 Å². The molecule has 2 N–H and O–H groups in total. The molecule has 2 atom stereocenters. The number of anilines is 2. The molecule has 0 heterocycles. The van der Waals surface area contributed by atoms with Gasteiger partial charge in [-0.25, -0.2) is 4.39 Å². The molecule has 1 fully saturated rings. The summed E-state index contributed by atoms with van der Waals surface area (Å²) >= 11 is 0. The fourth-order valence-electron chi connectivity index (χ4n) is 1.91. The second kappa shape index (κ2) is 4.35. The van der Waals surface area contributed by atoms with E-state index in [-0.39, 0.29) is 5.91 Å². The number of amides is 1. The van der Waals surface area contributed by atoms with E-state index in [1.807, 2.05) is 33.0 Å². The molecule has 1 aliphatic rings. The van der Waals surface area contributed by atoms with Gasteiger partial charge in [0.05, 0.1) is 5.92 Å². The maximum absolute atomic E-state index is 12.8. The molecular weight excluding hydrogens is 219 g/mol. The smallest absolute Gasteiger partial charge is 0.230 e. The molecule has 0 saturated heterocycles. The molecule has 0 aliphatic heterocycles. The molecule has 1 aromatic carbocycles. The lowest BCUT2D eigenvalue weighted by Crippen LogP contribution is -2.16. The summed E-state index contributed by atoms with van der Waals surface area (Å²) in [5.41, 5.74) is 3.77. The Morgan fingerprint density at radius 2 is 1.94 bits per heavy atom. The molecule has 0 bridgehead atoms. The van der Waals surface area contributed by atoms with E-state index >= 15 is 0 Å². The van der Waals surface area contributed by atoms with Gasteiger partial charge in [0.25, 0.3) is 0 Å². The second-order valence-corrected chi connectivity index (χ2v) is 4.58. The molecule has 17 heavy (non-hydrogen) atoms. The minimum Gasteiger partial charge on any atom is -0.388 e. The van der Waals surface area contributed by atoms with E-state index in [1.165, 1.54) is 0 Å². The quantitative estimate of drug-likeness (QED) is 0.847. The number of benzene rings is 1. The zero-order valence-corrected chi connectivity index (χ0v) is 10.3. The molecule has 1 amide bonds. The standard InChI is InChI=1S/C13H17FN2O/c1-7-4-11(15-3)8(2)12(5-7)16-13(17)9-6-10(9)14/h4-5,9-10,15H,6H2,1-3H3,(H,16,17)/t9-,10+/m0/s1. The number of hydrogen-bond acceptors (Lipinski definition) is 2. The molecule has 4 heteroatoms. The van der Waals surface area contributed by atoms with E-state index < -0.39 is 12.1 Å². The number of nitrogens with one attached hydrogen (secondary N) is 2. The van der Waals surface area contributed by atoms with E-state index in [1.54, 1.807) is 0 Å². The van der Waals surface area contributed by atoms with Crippen LogP contribution in [0.5, 0.6) is 0 Å². The largest absolute Gasteiger partial charge is 0.388 e. The summed E-state index contributed by atoms with van der Waals surface area (Å²) in [6.45, 7) is 3.89. The van der Waals surface area contributed by atoms with Gasteiger partial charge >= 0.3 is 0 Å². The summed E-state index contributed by atoms with van der Waals surface area (Å²) in [4.78, 5) is 11.7. The van der Waals surface area contributed by atoms with Crippen LogP contribution < -0.4 is 10.6 Å². The third-order valence-corrected chi connectivity index (χ3v) is 3.13. The predicted molar refractivity (Wildman–Crippen MR) is 67.1 cm³/mol. The Bertz CT molecular complexity index is 459. The number of rotatable bonds is 3. The van der Waals surface area contributed by atoms with Crippen LogP contribution in [0, 0.1) is 19.8 Å². The van der Waals surface area contributed by atoms with E-state index in [4.69, 9.17) is 0 Å². The summed E-state index contributed by atoms with van der Waals surface area (Å²) in [5, 5.41) is 5.88. The third kappa shape index (κ3) is 2.40. The summed E-state index contributed by atoms with van der Waals surface area (Å²) in [5.74, 6) is -0.666. The lowest BCUT2D eigenvalue weighted by molar-refractivity contribution is -0.117. The number of aryl methyl sites for hydroxylation is 1. The summed E-state index contributed by atoms with van der Waals surface area (Å²) < 4.78 is 12.8. The number of hydrogen-bond donors (Lipinski definition) is 2. The normalized spacial score (nSPS) is 22.1. The van der Waals surface area contributed by atoms with Crippen LogP contribution >= 0.6 is 0 Å². The first-order valence-corrected chi connectivity index (χ1v) is 5.77. The number of carbonyl (C=O) groups excluding carboxylic acids is 1. The van der Waals surface area contributed by atoms with Gasteiger partial charge in [-0.2, -0.15) is 0 Å². The average Bonchev–Trinajstić information content (AvgIpc) is 3.00. The molecule has 0 radical (unpaired) electrons. The van der Waals surface area contributed by atoms with Crippen LogP contribution in [0.3, 0.4) is 0 Å². The topological polar surface area (TPSA) is 41.1 Å². The van der Waals surface area contributed by atoms with E-state index in [0.29, 0.717) is 6.42 Å². The van der Waals surface area contributed by atoms with Crippen LogP contribution in [0.1, 0.15) is 17.5 Å². The third-order valence-electron chi connectivity index (χ3n) is 3.13. The molecule has 1 saturated carbocycles. The van der Waals surface area contributed by atoms with Crippen molar-refractivity contribution >= 4 is 17.3 Å². The predicted octanol–water partition coefficient (Wildman–Crippen LogP) is 2.64. The highest BCUT2D eigenvalue weighted by atomic mass is 19.1. The molecule has 0 aromatic heterocycles. The Balaban J connectivity index is 2.20. The SMILES string of the molecule is CNc1cc(C)cc(NC(=O)[C@H]2C[C@H]2F)c1C. The second-order valence-electron chi connectivity index (χ2n) is 4.58. The van der Waals surface area contributed by atoms with Crippen LogP contribution in [0.2, 0.25) is 0 Å². The van der Waals surface area contributed by atoms with E-state index in [0.717, 1.165) is 22.5 Å². The monoisotopic (exact) mass is 236 g/mol. The Labute approximate surface area is 100 Å². The minimum atomic E-state index is -0.955. The van der Waals surface area contributed by atoms with Gasteiger partial charge in [-0.05, 0) is 43.5 Å². The minimum absolute atomic E-state index is 0.215. The molecule has 0 unspecified atom stereocenters. The Morgan fingerprint density at radius 1 is 1.35 bits per heavy atom. The first kappa shape index (κ1) is 11.9. The zero-order chi connectivity index (χ0) is 12.6. The van der Waals surface area contributed by atoms with Gasteiger partial charge in [0.15, 0.2) is 0 Å². The van der Waals surface area contributed by atoms with Gasteiger partial charge in [-0.1, -0.05) is 0 Å². The van der Waals surface area contributed by atoms with Crippen molar-refractivity contribution in [3.8, 4) is 0 Å². The molecule has 1 aliphatic carbocycles. The van der Waals surface area contributed by atoms with Crippen molar-refractivity contribution in [2.24, 2.45) is 5.92 Å². The maximum atomic E-state index is 12.8. The highest BCUT2D eigenvalue weighted by Crippen LogP contribution is 2.35. The van der Waals surface area contributed by atoms with Crippen molar-refractivity contribution in [1.82, 2.24) is 0 Å². The van der Waals surface area contributed by atoms with Crippen molar-refractivity contribution in [3.63, 3.8) is 0 Å². The first-order valence-electron chi connectivity index (χ1n) is 5.77. The summed E-state index contributed by atoms with van der Waals surface area (Å²) in [6.07, 6.45) is -0.598. The molecule has 3 nitrogen and oxygen atoms in total. The summed E-state index contributed by atoms with van der Waals surface area (Å²) in [6, 6.07) is 3.92. The molecule has 2 rings (SSSR count). The van der Waals surface area contributed by atoms with Crippen LogP contribution in [-0.2, 0) is 4.79 Å². The van der Waals surface area contributed by atoms with Gasteiger partial charge < -0.3 is 10.6 Å². The van der Waals surface area contributed by atoms with Crippen LogP contribution in [-0.4, -0.2) is 19.1 Å². The number of carbonyl (C=O) groups is 1. The maximum Gasteiger partial charge on any atom is 0.230 e. The van der Waals surface area contributed by atoms with Crippen molar-refractivity contribution in [1.29, 1.82) is 0 Å². The highest BCUT2D eigenvalue weighted by molar-refractivity contribution is 5.96. The van der Waals surface area contributed by atoms with Crippen LogP contribution in [0.15, 0.2) is 12.1 Å². The Kier molecular flexibility index (Phi) is 3.05. The Hall–Kier alpha value is -1.58. The van der Waals surface area contributed by atoms with Crippen molar-refractivity contribution in [3.05, 3.63) is 23.3 Å². The van der Waals surface area contributed by atoms with Gasteiger partial charge in [0.2, 0.25) is 5.91 Å². The average molecular weight is 236 g/mol. The lowest BCUT2D eigenvalue weighted by Gasteiger charge is -2.13. The van der Waals surface area contributed by atoms with Gasteiger partial charge in [0, 0.05) is 18.4 Å². The van der Waals surface area contributed by atoms with Gasteiger partial charge in [0.1, 0.15) is 6.17 Å². The number of halogens is 1. The van der Waals surface area contributed by atoms with Crippen molar-refractivity contribution in [2.75, 3.05) is 17.7 Å². The molecule has 0 spiro atoms. The fraction of sp³-hybridized carbons (Fsp3) is 0.462. The van der Waals surface area contributed by atoms with Crippen molar-refractivity contribution < 1.29 is 9.18 Å². The van der Waals surface area contributed by atoms with Crippen LogP contribution in [0.25, 0.3) is 0 Å². The first-order chi connectivity index (χ1) is 8.02. The zero-order valence-electron chi connectivity index (χ0n) is 10.3. The summed E-state index contributed by atoms with van der Waals surface area (Å²) in [7, 11) is 1.84. The molecule has 92 valence electrons. The fourth-order valence-corrected chi connectivity index (χ4v) is 1.91. The lowest BCUT2D eigenvalue weighted by atomic mass is 10.1. The molecular formula is C13H17FN2O. The molecule has 1 aromatic rings.